The predicted molar refractivity (Wildman–Crippen MR) is 107 cm³/mol. The lowest BCUT2D eigenvalue weighted by molar-refractivity contribution is -0.122. The summed E-state index contributed by atoms with van der Waals surface area (Å²) in [5, 5.41) is 10.1. The number of thiocarbonyl (C=S) groups is 1. The van der Waals surface area contributed by atoms with Gasteiger partial charge >= 0.3 is 0 Å². The maximum atomic E-state index is 12.7. The fourth-order valence-corrected chi connectivity index (χ4v) is 3.88. The van der Waals surface area contributed by atoms with E-state index < -0.39 is 0 Å². The molecule has 1 saturated heterocycles. The number of amides is 1. The summed E-state index contributed by atoms with van der Waals surface area (Å²) in [5.41, 5.74) is 1.55. The molecule has 1 aliphatic rings. The highest BCUT2D eigenvalue weighted by molar-refractivity contribution is 8.26. The van der Waals surface area contributed by atoms with Crippen molar-refractivity contribution in [2.75, 3.05) is 6.61 Å². The van der Waals surface area contributed by atoms with Gasteiger partial charge in [-0.3, -0.25) is 14.7 Å². The van der Waals surface area contributed by atoms with Crippen LogP contribution in [-0.4, -0.2) is 31.8 Å². The van der Waals surface area contributed by atoms with E-state index in [9.17, 15) is 9.90 Å². The van der Waals surface area contributed by atoms with Crippen LogP contribution in [0.5, 0.6) is 11.5 Å². The first-order chi connectivity index (χ1) is 12.5. The smallest absolute Gasteiger partial charge is 0.266 e. The summed E-state index contributed by atoms with van der Waals surface area (Å²) in [4.78, 5) is 18.8. The molecule has 1 N–H and O–H groups in total. The second kappa shape index (κ2) is 8.07. The van der Waals surface area contributed by atoms with Gasteiger partial charge in [0.2, 0.25) is 0 Å². The van der Waals surface area contributed by atoms with Gasteiger partial charge in [0.1, 0.15) is 4.32 Å². The van der Waals surface area contributed by atoms with Crippen molar-refractivity contribution in [1.29, 1.82) is 0 Å². The number of benzene rings is 1. The standard InChI is InChI=1S/C18H15ClN2O3S2/c1-2-24-14-7-12(6-13(19)16(14)22)8-15-17(23)21(18(25)26-15)10-11-4-3-5-20-9-11/h3-9,22H,2,10H2,1H3/b15-8-. The van der Waals surface area contributed by atoms with E-state index in [1.54, 1.807) is 30.6 Å². The third-order valence-electron chi connectivity index (χ3n) is 3.59. The van der Waals surface area contributed by atoms with Crippen LogP contribution in [0.15, 0.2) is 41.6 Å². The molecule has 0 saturated carbocycles. The Morgan fingerprint density at radius 2 is 2.27 bits per heavy atom. The molecule has 0 radical (unpaired) electrons. The molecule has 2 heterocycles. The van der Waals surface area contributed by atoms with Gasteiger partial charge in [0.15, 0.2) is 11.5 Å². The normalized spacial score (nSPS) is 15.8. The molecule has 0 aliphatic carbocycles. The van der Waals surface area contributed by atoms with E-state index >= 15 is 0 Å². The van der Waals surface area contributed by atoms with Gasteiger partial charge < -0.3 is 9.84 Å². The zero-order valence-electron chi connectivity index (χ0n) is 13.8. The van der Waals surface area contributed by atoms with Crippen molar-refractivity contribution in [2.45, 2.75) is 13.5 Å². The first-order valence-electron chi connectivity index (χ1n) is 7.79. The number of rotatable bonds is 5. The number of halogens is 1. The van der Waals surface area contributed by atoms with Gasteiger partial charge in [0.05, 0.1) is 23.1 Å². The van der Waals surface area contributed by atoms with E-state index in [-0.39, 0.29) is 22.4 Å². The van der Waals surface area contributed by atoms with Crippen molar-refractivity contribution in [3.05, 3.63) is 57.7 Å². The number of aromatic nitrogens is 1. The van der Waals surface area contributed by atoms with Crippen LogP contribution in [0.25, 0.3) is 6.08 Å². The average Bonchev–Trinajstić information content (AvgIpc) is 2.88. The highest BCUT2D eigenvalue weighted by Crippen LogP contribution is 2.38. The van der Waals surface area contributed by atoms with Crippen LogP contribution in [0, 0.1) is 0 Å². The number of carbonyl (C=O) groups is 1. The van der Waals surface area contributed by atoms with Gasteiger partial charge in [-0.15, -0.1) is 0 Å². The number of hydrogen-bond acceptors (Lipinski definition) is 6. The molecule has 3 rings (SSSR count). The third-order valence-corrected chi connectivity index (χ3v) is 5.25. The Hall–Kier alpha value is -2.09. The first kappa shape index (κ1) is 18.7. The largest absolute Gasteiger partial charge is 0.503 e. The van der Waals surface area contributed by atoms with Gasteiger partial charge in [-0.25, -0.2) is 0 Å². The molecule has 0 spiro atoms. The van der Waals surface area contributed by atoms with Gasteiger partial charge in [0, 0.05) is 12.4 Å². The minimum Gasteiger partial charge on any atom is -0.503 e. The molecule has 5 nitrogen and oxygen atoms in total. The summed E-state index contributed by atoms with van der Waals surface area (Å²) >= 11 is 12.6. The van der Waals surface area contributed by atoms with E-state index in [0.29, 0.717) is 27.9 Å². The molecule has 1 aliphatic heterocycles. The lowest BCUT2D eigenvalue weighted by Crippen LogP contribution is -2.27. The van der Waals surface area contributed by atoms with Crippen molar-refractivity contribution >= 4 is 51.9 Å². The molecule has 1 amide bonds. The summed E-state index contributed by atoms with van der Waals surface area (Å²) in [6, 6.07) is 6.92. The van der Waals surface area contributed by atoms with Crippen LogP contribution in [0.1, 0.15) is 18.1 Å². The average molecular weight is 407 g/mol. The minimum atomic E-state index is -0.175. The highest BCUT2D eigenvalue weighted by atomic mass is 35.5. The number of pyridine rings is 1. The maximum Gasteiger partial charge on any atom is 0.266 e. The molecule has 2 aromatic rings. The Labute approximate surface area is 165 Å². The molecule has 1 aromatic heterocycles. The second-order valence-corrected chi connectivity index (χ2v) is 7.49. The number of nitrogens with zero attached hydrogens (tertiary/aromatic N) is 2. The van der Waals surface area contributed by atoms with Crippen molar-refractivity contribution in [3.8, 4) is 11.5 Å². The topological polar surface area (TPSA) is 62.7 Å². The highest BCUT2D eigenvalue weighted by Gasteiger charge is 2.32. The van der Waals surface area contributed by atoms with E-state index in [0.717, 1.165) is 5.56 Å². The monoisotopic (exact) mass is 406 g/mol. The number of hydrogen-bond donors (Lipinski definition) is 1. The van der Waals surface area contributed by atoms with Crippen molar-refractivity contribution in [3.63, 3.8) is 0 Å². The van der Waals surface area contributed by atoms with Gasteiger partial charge in [-0.2, -0.15) is 0 Å². The Kier molecular flexibility index (Phi) is 5.80. The lowest BCUT2D eigenvalue weighted by atomic mass is 10.1. The van der Waals surface area contributed by atoms with E-state index in [2.05, 4.69) is 4.98 Å². The van der Waals surface area contributed by atoms with Crippen LogP contribution in [0.2, 0.25) is 5.02 Å². The Morgan fingerprint density at radius 3 is 2.96 bits per heavy atom. The van der Waals surface area contributed by atoms with Gasteiger partial charge in [-0.1, -0.05) is 41.6 Å². The summed E-state index contributed by atoms with van der Waals surface area (Å²) in [6.07, 6.45) is 5.07. The van der Waals surface area contributed by atoms with Crippen molar-refractivity contribution in [1.82, 2.24) is 9.88 Å². The van der Waals surface area contributed by atoms with Crippen LogP contribution >= 0.6 is 35.6 Å². The van der Waals surface area contributed by atoms with Gasteiger partial charge in [0.25, 0.3) is 5.91 Å². The summed E-state index contributed by atoms with van der Waals surface area (Å²) in [5.74, 6) is -0.0158. The minimum absolute atomic E-state index is 0.116. The molecule has 1 fully saturated rings. The molecule has 8 heteroatoms. The summed E-state index contributed by atoms with van der Waals surface area (Å²) < 4.78 is 5.86. The number of phenols is 1. The number of phenolic OH excluding ortho intramolecular Hbond substituents is 1. The molecule has 0 atom stereocenters. The predicted octanol–water partition coefficient (Wildman–Crippen LogP) is 4.24. The van der Waals surface area contributed by atoms with Gasteiger partial charge in [-0.05, 0) is 42.3 Å². The Morgan fingerprint density at radius 1 is 1.46 bits per heavy atom. The number of carbonyl (C=O) groups excluding carboxylic acids is 1. The van der Waals surface area contributed by atoms with Crippen molar-refractivity contribution < 1.29 is 14.6 Å². The second-order valence-electron chi connectivity index (χ2n) is 5.41. The zero-order valence-corrected chi connectivity index (χ0v) is 16.2. The maximum absolute atomic E-state index is 12.7. The van der Waals surface area contributed by atoms with Crippen molar-refractivity contribution in [2.24, 2.45) is 0 Å². The first-order valence-corrected chi connectivity index (χ1v) is 9.39. The van der Waals surface area contributed by atoms with Crippen LogP contribution in [-0.2, 0) is 11.3 Å². The van der Waals surface area contributed by atoms with Crippen LogP contribution in [0.4, 0.5) is 0 Å². The number of aromatic hydroxyl groups is 1. The fourth-order valence-electron chi connectivity index (χ4n) is 2.40. The Balaban J connectivity index is 1.86. The third kappa shape index (κ3) is 4.00. The van der Waals surface area contributed by atoms with Crippen LogP contribution < -0.4 is 4.74 Å². The molecule has 1 aromatic carbocycles. The molecule has 0 bridgehead atoms. The summed E-state index contributed by atoms with van der Waals surface area (Å²) in [7, 11) is 0. The lowest BCUT2D eigenvalue weighted by Gasteiger charge is -2.13. The zero-order chi connectivity index (χ0) is 18.7. The number of ether oxygens (including phenoxy) is 1. The van der Waals surface area contributed by atoms with E-state index in [1.807, 2.05) is 19.1 Å². The molecular formula is C18H15ClN2O3S2. The SMILES string of the molecule is CCOc1cc(/C=C2\SC(=S)N(Cc3cccnc3)C2=O)cc(Cl)c1O. The molecule has 0 unspecified atom stereocenters. The number of thioether (sulfide) groups is 1. The van der Waals surface area contributed by atoms with E-state index in [1.165, 1.54) is 16.7 Å². The quantitative estimate of drug-likeness (QED) is 0.592. The Bertz CT molecular complexity index is 888. The molecule has 134 valence electrons. The van der Waals surface area contributed by atoms with E-state index in [4.69, 9.17) is 28.6 Å². The van der Waals surface area contributed by atoms with Crippen LogP contribution in [0.3, 0.4) is 0 Å². The fraction of sp³-hybridized carbons (Fsp3) is 0.167. The molecular weight excluding hydrogens is 392 g/mol. The molecule has 26 heavy (non-hydrogen) atoms. The summed E-state index contributed by atoms with van der Waals surface area (Å²) in [6.45, 7) is 2.57.